The van der Waals surface area contributed by atoms with Crippen molar-refractivity contribution < 1.29 is 19.0 Å². The van der Waals surface area contributed by atoms with Crippen molar-refractivity contribution in [1.82, 2.24) is 5.32 Å². The van der Waals surface area contributed by atoms with Crippen molar-refractivity contribution in [2.45, 2.75) is 20.0 Å². The molecule has 0 aliphatic heterocycles. The van der Waals surface area contributed by atoms with E-state index in [2.05, 4.69) is 5.32 Å². The van der Waals surface area contributed by atoms with Crippen LogP contribution in [-0.2, 0) is 17.8 Å². The van der Waals surface area contributed by atoms with Crippen LogP contribution in [-0.4, -0.2) is 26.9 Å². The Morgan fingerprint density at radius 3 is 2.38 bits per heavy atom. The van der Waals surface area contributed by atoms with Gasteiger partial charge in [-0.1, -0.05) is 30.3 Å². The molecule has 0 spiro atoms. The highest BCUT2D eigenvalue weighted by Gasteiger charge is 2.09. The third-order valence-electron chi connectivity index (χ3n) is 3.72. The van der Waals surface area contributed by atoms with Gasteiger partial charge in [-0.2, -0.15) is 0 Å². The van der Waals surface area contributed by atoms with Crippen LogP contribution in [0.4, 0.5) is 4.79 Å². The first-order valence-corrected chi connectivity index (χ1v) is 7.80. The van der Waals surface area contributed by atoms with Gasteiger partial charge in [0.2, 0.25) is 0 Å². The molecule has 5 nitrogen and oxygen atoms in total. The minimum atomic E-state index is -0.419. The number of rotatable bonds is 7. The van der Waals surface area contributed by atoms with Crippen LogP contribution in [0.3, 0.4) is 0 Å². The fourth-order valence-electron chi connectivity index (χ4n) is 2.37. The summed E-state index contributed by atoms with van der Waals surface area (Å²) in [5, 5.41) is 2.76. The predicted octanol–water partition coefficient (Wildman–Crippen LogP) is 3.48. The van der Waals surface area contributed by atoms with Crippen molar-refractivity contribution in [3.63, 3.8) is 0 Å². The molecule has 0 bridgehead atoms. The Kier molecular flexibility index (Phi) is 6.49. The summed E-state index contributed by atoms with van der Waals surface area (Å²) in [5.74, 6) is 1.39. The molecule has 0 unspecified atom stereocenters. The summed E-state index contributed by atoms with van der Waals surface area (Å²) in [6, 6.07) is 13.5. The van der Waals surface area contributed by atoms with Crippen LogP contribution in [0.1, 0.15) is 16.7 Å². The van der Waals surface area contributed by atoms with Crippen LogP contribution in [0.5, 0.6) is 11.5 Å². The molecule has 24 heavy (non-hydrogen) atoms. The van der Waals surface area contributed by atoms with Gasteiger partial charge in [0.1, 0.15) is 6.61 Å². The molecule has 0 aromatic heterocycles. The Bertz CT molecular complexity index is 671. The molecule has 0 saturated heterocycles. The second-order valence-electron chi connectivity index (χ2n) is 5.37. The van der Waals surface area contributed by atoms with Gasteiger partial charge in [0.15, 0.2) is 11.5 Å². The van der Waals surface area contributed by atoms with Crippen molar-refractivity contribution in [2.75, 3.05) is 20.8 Å². The SMILES string of the molecule is COc1cc(C)c(CCNC(=O)OCc2ccccc2)cc1OC. The molecule has 2 aromatic carbocycles. The molecule has 0 radical (unpaired) electrons. The number of hydrogen-bond donors (Lipinski definition) is 1. The fourth-order valence-corrected chi connectivity index (χ4v) is 2.37. The normalized spacial score (nSPS) is 10.1. The average Bonchev–Trinajstić information content (AvgIpc) is 2.61. The lowest BCUT2D eigenvalue weighted by Gasteiger charge is -2.13. The van der Waals surface area contributed by atoms with Gasteiger partial charge in [0.05, 0.1) is 14.2 Å². The maximum atomic E-state index is 11.7. The van der Waals surface area contributed by atoms with Crippen molar-refractivity contribution in [3.8, 4) is 11.5 Å². The van der Waals surface area contributed by atoms with E-state index in [9.17, 15) is 4.79 Å². The van der Waals surface area contributed by atoms with Crippen molar-refractivity contribution in [1.29, 1.82) is 0 Å². The summed E-state index contributed by atoms with van der Waals surface area (Å²) in [5.41, 5.74) is 3.14. The number of amides is 1. The third kappa shape index (κ3) is 4.91. The Morgan fingerprint density at radius 2 is 1.71 bits per heavy atom. The van der Waals surface area contributed by atoms with Gasteiger partial charge in [0.25, 0.3) is 0 Å². The Hall–Kier alpha value is -2.69. The third-order valence-corrected chi connectivity index (χ3v) is 3.72. The van der Waals surface area contributed by atoms with E-state index < -0.39 is 6.09 Å². The van der Waals surface area contributed by atoms with E-state index in [1.54, 1.807) is 14.2 Å². The Morgan fingerprint density at radius 1 is 1.04 bits per heavy atom. The summed E-state index contributed by atoms with van der Waals surface area (Å²) in [7, 11) is 3.22. The summed E-state index contributed by atoms with van der Waals surface area (Å²) < 4.78 is 15.8. The van der Waals surface area contributed by atoms with E-state index in [0.29, 0.717) is 24.5 Å². The quantitative estimate of drug-likeness (QED) is 0.845. The molecule has 0 atom stereocenters. The minimum absolute atomic E-state index is 0.266. The van der Waals surface area contributed by atoms with Crippen molar-refractivity contribution >= 4 is 6.09 Å². The summed E-state index contributed by atoms with van der Waals surface area (Å²) >= 11 is 0. The smallest absolute Gasteiger partial charge is 0.407 e. The number of carbonyl (C=O) groups excluding carboxylic acids is 1. The molecular formula is C19H23NO4. The molecule has 1 amide bonds. The summed E-state index contributed by atoms with van der Waals surface area (Å²) in [6.07, 6.45) is 0.268. The number of methoxy groups -OCH3 is 2. The zero-order valence-electron chi connectivity index (χ0n) is 14.3. The summed E-state index contributed by atoms with van der Waals surface area (Å²) in [6.45, 7) is 2.76. The largest absolute Gasteiger partial charge is 0.493 e. The molecule has 2 rings (SSSR count). The van der Waals surface area contributed by atoms with E-state index in [1.807, 2.05) is 49.4 Å². The van der Waals surface area contributed by atoms with Crippen LogP contribution < -0.4 is 14.8 Å². The fraction of sp³-hybridized carbons (Fsp3) is 0.316. The van der Waals surface area contributed by atoms with E-state index >= 15 is 0 Å². The molecular weight excluding hydrogens is 306 g/mol. The van der Waals surface area contributed by atoms with E-state index in [4.69, 9.17) is 14.2 Å². The van der Waals surface area contributed by atoms with E-state index in [1.165, 1.54) is 0 Å². The monoisotopic (exact) mass is 329 g/mol. The van der Waals surface area contributed by atoms with Gasteiger partial charge in [-0.15, -0.1) is 0 Å². The second-order valence-corrected chi connectivity index (χ2v) is 5.37. The highest BCUT2D eigenvalue weighted by molar-refractivity contribution is 5.67. The molecule has 128 valence electrons. The topological polar surface area (TPSA) is 56.8 Å². The minimum Gasteiger partial charge on any atom is -0.493 e. The predicted molar refractivity (Wildman–Crippen MR) is 92.6 cm³/mol. The van der Waals surface area contributed by atoms with Gasteiger partial charge in [-0.05, 0) is 42.2 Å². The van der Waals surface area contributed by atoms with Crippen LogP contribution in [0.15, 0.2) is 42.5 Å². The Balaban J connectivity index is 1.82. The zero-order valence-corrected chi connectivity index (χ0v) is 14.3. The van der Waals surface area contributed by atoms with Gasteiger partial charge in [-0.3, -0.25) is 0 Å². The van der Waals surface area contributed by atoms with Crippen molar-refractivity contribution in [2.24, 2.45) is 0 Å². The molecule has 1 N–H and O–H groups in total. The average molecular weight is 329 g/mol. The lowest BCUT2D eigenvalue weighted by molar-refractivity contribution is 0.140. The number of ether oxygens (including phenoxy) is 3. The molecule has 0 aliphatic rings. The first kappa shape index (κ1) is 17.7. The molecule has 0 fully saturated rings. The summed E-state index contributed by atoms with van der Waals surface area (Å²) in [4.78, 5) is 11.7. The maximum Gasteiger partial charge on any atom is 0.407 e. The number of benzene rings is 2. The molecule has 0 saturated carbocycles. The van der Waals surface area contributed by atoms with Gasteiger partial charge < -0.3 is 19.5 Å². The van der Waals surface area contributed by atoms with Crippen LogP contribution in [0.25, 0.3) is 0 Å². The van der Waals surface area contributed by atoms with E-state index in [-0.39, 0.29) is 6.61 Å². The number of alkyl carbamates (subject to hydrolysis) is 1. The molecule has 5 heteroatoms. The number of carbonyl (C=O) groups is 1. The highest BCUT2D eigenvalue weighted by atomic mass is 16.5. The number of hydrogen-bond acceptors (Lipinski definition) is 4. The zero-order chi connectivity index (χ0) is 17.4. The maximum absolute atomic E-state index is 11.7. The molecule has 0 aliphatic carbocycles. The number of nitrogens with one attached hydrogen (secondary N) is 1. The van der Waals surface area contributed by atoms with Crippen LogP contribution in [0, 0.1) is 6.92 Å². The lowest BCUT2D eigenvalue weighted by Crippen LogP contribution is -2.26. The standard InChI is InChI=1S/C19H23NO4/c1-14-11-17(22-2)18(23-3)12-16(14)9-10-20-19(21)24-13-15-7-5-4-6-8-15/h4-8,11-12H,9-10,13H2,1-3H3,(H,20,21). The Labute approximate surface area is 142 Å². The van der Waals surface area contributed by atoms with Gasteiger partial charge >= 0.3 is 6.09 Å². The van der Waals surface area contributed by atoms with Crippen LogP contribution >= 0.6 is 0 Å². The first-order valence-electron chi connectivity index (χ1n) is 7.80. The van der Waals surface area contributed by atoms with Gasteiger partial charge in [-0.25, -0.2) is 4.79 Å². The van der Waals surface area contributed by atoms with E-state index in [0.717, 1.165) is 16.7 Å². The van der Waals surface area contributed by atoms with Gasteiger partial charge in [0, 0.05) is 6.54 Å². The lowest BCUT2D eigenvalue weighted by atomic mass is 10.0. The highest BCUT2D eigenvalue weighted by Crippen LogP contribution is 2.30. The second kappa shape index (κ2) is 8.82. The van der Waals surface area contributed by atoms with Crippen molar-refractivity contribution in [3.05, 3.63) is 59.2 Å². The molecule has 2 aromatic rings. The van der Waals surface area contributed by atoms with Crippen LogP contribution in [0.2, 0.25) is 0 Å². The number of aryl methyl sites for hydroxylation is 1. The molecule has 0 heterocycles. The first-order chi connectivity index (χ1) is 11.6.